The van der Waals surface area contributed by atoms with Crippen LogP contribution in [0.15, 0.2) is 18.2 Å². The van der Waals surface area contributed by atoms with Gasteiger partial charge in [0.2, 0.25) is 0 Å². The number of ether oxygens (including phenoxy) is 1. The van der Waals surface area contributed by atoms with E-state index in [1.807, 2.05) is 59.7 Å². The molecule has 168 valence electrons. The van der Waals surface area contributed by atoms with Crippen molar-refractivity contribution in [3.63, 3.8) is 0 Å². The summed E-state index contributed by atoms with van der Waals surface area (Å²) in [5.41, 5.74) is 2.21. The number of hydrogen-bond acceptors (Lipinski definition) is 3. The van der Waals surface area contributed by atoms with E-state index < -0.39 is 28.0 Å². The normalized spacial score (nSPS) is 22.1. The van der Waals surface area contributed by atoms with E-state index in [1.54, 1.807) is 4.90 Å². The van der Waals surface area contributed by atoms with E-state index in [0.717, 1.165) is 24.8 Å². The lowest BCUT2D eigenvalue weighted by Crippen LogP contribution is -2.49. The first-order valence-corrected chi connectivity index (χ1v) is 11.8. The molecule has 1 amide bonds. The number of nitrogens with zero attached hydrogens (tertiary/aromatic N) is 1. The van der Waals surface area contributed by atoms with Crippen LogP contribution in [0.1, 0.15) is 77.1 Å². The topological polar surface area (TPSA) is 58.6 Å². The molecule has 7 heteroatoms. The van der Waals surface area contributed by atoms with E-state index in [9.17, 15) is 13.4 Å². The van der Waals surface area contributed by atoms with Crippen molar-refractivity contribution < 1.29 is 18.1 Å². The zero-order chi connectivity index (χ0) is 22.3. The van der Waals surface area contributed by atoms with Gasteiger partial charge in [-0.15, -0.1) is 0 Å². The summed E-state index contributed by atoms with van der Waals surface area (Å²) in [6.07, 6.45) is 2.13. The molecule has 1 aliphatic heterocycles. The van der Waals surface area contributed by atoms with Crippen molar-refractivity contribution in [3.8, 4) is 0 Å². The molecule has 0 aromatic heterocycles. The van der Waals surface area contributed by atoms with Crippen LogP contribution < -0.4 is 4.72 Å². The molecule has 1 unspecified atom stereocenters. The average Bonchev–Trinajstić information content (AvgIpc) is 2.92. The van der Waals surface area contributed by atoms with E-state index in [1.165, 1.54) is 5.56 Å². The number of alkyl halides is 1. The molecule has 0 saturated carbocycles. The van der Waals surface area contributed by atoms with Crippen LogP contribution in [0.3, 0.4) is 0 Å². The van der Waals surface area contributed by atoms with Gasteiger partial charge in [-0.3, -0.25) is 0 Å². The molecule has 5 nitrogen and oxygen atoms in total. The fourth-order valence-corrected chi connectivity index (χ4v) is 5.31. The van der Waals surface area contributed by atoms with Crippen LogP contribution in [0, 0.1) is 5.41 Å². The van der Waals surface area contributed by atoms with Gasteiger partial charge in [-0.05, 0) is 82.9 Å². The maximum absolute atomic E-state index is 13.3. The standard InChI is InChI=1S/C23H35FN2O3S/c1-21(2,3)29-20(27)26-11-9-23(10-12-26)14-17-8-7-16(15-24)13-18(17)19(23)25-30(28)22(4,5)6/h7-8,13,19,25H,9-12,14-15H2,1-6H3/t19-,30?/m1/s1. The minimum atomic E-state index is -1.25. The maximum Gasteiger partial charge on any atom is 0.410 e. The summed E-state index contributed by atoms with van der Waals surface area (Å²) in [5, 5.41) is 0. The van der Waals surface area contributed by atoms with Gasteiger partial charge in [0, 0.05) is 13.1 Å². The molecule has 1 fully saturated rings. The Hall–Kier alpha value is -1.47. The zero-order valence-corrected chi connectivity index (χ0v) is 19.8. The summed E-state index contributed by atoms with van der Waals surface area (Å²) < 4.78 is 34.8. The summed E-state index contributed by atoms with van der Waals surface area (Å²) in [6.45, 7) is 12.1. The molecule has 0 bridgehead atoms. The van der Waals surface area contributed by atoms with Crippen molar-refractivity contribution in [1.82, 2.24) is 9.62 Å². The Morgan fingerprint density at radius 3 is 2.40 bits per heavy atom. The van der Waals surface area contributed by atoms with Crippen molar-refractivity contribution in [2.45, 2.75) is 83.9 Å². The highest BCUT2D eigenvalue weighted by Crippen LogP contribution is 2.52. The molecule has 2 aliphatic rings. The molecule has 30 heavy (non-hydrogen) atoms. The number of carbonyl (C=O) groups is 1. The summed E-state index contributed by atoms with van der Waals surface area (Å²) >= 11 is 0. The van der Waals surface area contributed by atoms with Gasteiger partial charge < -0.3 is 9.64 Å². The first-order valence-electron chi connectivity index (χ1n) is 10.7. The fourth-order valence-electron chi connectivity index (χ4n) is 4.37. The summed E-state index contributed by atoms with van der Waals surface area (Å²) in [6, 6.07) is 5.64. The Morgan fingerprint density at radius 1 is 1.23 bits per heavy atom. The number of fused-ring (bicyclic) bond motifs is 1. The van der Waals surface area contributed by atoms with Gasteiger partial charge in [-0.2, -0.15) is 0 Å². The smallest absolute Gasteiger partial charge is 0.410 e. The first-order chi connectivity index (χ1) is 13.8. The van der Waals surface area contributed by atoms with E-state index in [-0.39, 0.29) is 17.6 Å². The van der Waals surface area contributed by atoms with Gasteiger partial charge in [0.25, 0.3) is 0 Å². The Bertz CT molecular complexity index is 821. The molecule has 1 aromatic rings. The van der Waals surface area contributed by atoms with Crippen LogP contribution in [0.2, 0.25) is 0 Å². The Labute approximate surface area is 182 Å². The number of benzene rings is 1. The Morgan fingerprint density at radius 2 is 1.87 bits per heavy atom. The van der Waals surface area contributed by atoms with Crippen LogP contribution in [0.25, 0.3) is 0 Å². The predicted octanol–water partition coefficient (Wildman–Crippen LogP) is 4.82. The molecule has 0 radical (unpaired) electrons. The van der Waals surface area contributed by atoms with E-state index in [2.05, 4.69) is 4.72 Å². The fraction of sp³-hybridized carbons (Fsp3) is 0.696. The molecule has 1 spiro atoms. The summed E-state index contributed by atoms with van der Waals surface area (Å²) in [7, 11) is -1.25. The number of nitrogens with one attached hydrogen (secondary N) is 1. The highest BCUT2D eigenvalue weighted by Gasteiger charge is 2.49. The lowest BCUT2D eigenvalue weighted by atomic mass is 9.73. The monoisotopic (exact) mass is 438 g/mol. The minimum absolute atomic E-state index is 0.125. The van der Waals surface area contributed by atoms with Crippen LogP contribution in [0.4, 0.5) is 9.18 Å². The van der Waals surface area contributed by atoms with Gasteiger partial charge in [0.15, 0.2) is 0 Å². The van der Waals surface area contributed by atoms with Crippen LogP contribution >= 0.6 is 0 Å². The van der Waals surface area contributed by atoms with Crippen LogP contribution in [-0.4, -0.2) is 38.6 Å². The average molecular weight is 439 g/mol. The third-order valence-electron chi connectivity index (χ3n) is 6.02. The van der Waals surface area contributed by atoms with Gasteiger partial charge in [0.05, 0.1) is 21.8 Å². The van der Waals surface area contributed by atoms with Crippen molar-refractivity contribution in [1.29, 1.82) is 0 Å². The molecule has 2 atom stereocenters. The first kappa shape index (κ1) is 23.2. The van der Waals surface area contributed by atoms with Gasteiger partial charge >= 0.3 is 6.09 Å². The van der Waals surface area contributed by atoms with E-state index in [4.69, 9.17) is 4.74 Å². The third kappa shape index (κ3) is 4.88. The number of hydrogen-bond donors (Lipinski definition) is 1. The molecule has 1 aliphatic carbocycles. The molecule has 1 heterocycles. The van der Waals surface area contributed by atoms with Crippen molar-refractivity contribution in [2.24, 2.45) is 5.41 Å². The van der Waals surface area contributed by atoms with Crippen LogP contribution in [-0.2, 0) is 28.8 Å². The highest BCUT2D eigenvalue weighted by molar-refractivity contribution is 7.84. The molecule has 1 aromatic carbocycles. The summed E-state index contributed by atoms with van der Waals surface area (Å²) in [5.74, 6) is 0. The lowest BCUT2D eigenvalue weighted by molar-refractivity contribution is 0.00724. The highest BCUT2D eigenvalue weighted by atomic mass is 32.2. The number of piperidine rings is 1. The molecule has 1 N–H and O–H groups in total. The molecule has 1 saturated heterocycles. The van der Waals surface area contributed by atoms with Gasteiger partial charge in [-0.1, -0.05) is 18.2 Å². The van der Waals surface area contributed by atoms with Gasteiger partial charge in [-0.25, -0.2) is 18.1 Å². The maximum atomic E-state index is 13.3. The van der Waals surface area contributed by atoms with Crippen molar-refractivity contribution in [3.05, 3.63) is 34.9 Å². The quantitative estimate of drug-likeness (QED) is 0.736. The van der Waals surface area contributed by atoms with E-state index >= 15 is 0 Å². The number of halogens is 1. The van der Waals surface area contributed by atoms with Crippen molar-refractivity contribution >= 4 is 17.1 Å². The second-order valence-corrected chi connectivity index (χ2v) is 12.6. The molecular weight excluding hydrogens is 403 g/mol. The zero-order valence-electron chi connectivity index (χ0n) is 19.0. The number of rotatable bonds is 3. The third-order valence-corrected chi connectivity index (χ3v) is 7.58. The SMILES string of the molecule is CC(C)(C)OC(=O)N1CCC2(CC1)Cc1ccc(CF)cc1[C@H]2NS(=O)C(C)(C)C. The Kier molecular flexibility index (Phi) is 6.36. The van der Waals surface area contributed by atoms with Gasteiger partial charge in [0.1, 0.15) is 12.3 Å². The predicted molar refractivity (Wildman–Crippen MR) is 118 cm³/mol. The van der Waals surface area contributed by atoms with Crippen molar-refractivity contribution in [2.75, 3.05) is 13.1 Å². The minimum Gasteiger partial charge on any atom is -0.444 e. The largest absolute Gasteiger partial charge is 0.444 e. The summed E-state index contributed by atoms with van der Waals surface area (Å²) in [4.78, 5) is 14.3. The lowest BCUT2D eigenvalue weighted by Gasteiger charge is -2.44. The number of carbonyl (C=O) groups excluding carboxylic acids is 1. The second-order valence-electron chi connectivity index (χ2n) is 10.6. The number of likely N-dealkylation sites (tertiary alicyclic amines) is 1. The van der Waals surface area contributed by atoms with Crippen LogP contribution in [0.5, 0.6) is 0 Å². The van der Waals surface area contributed by atoms with E-state index in [0.29, 0.717) is 18.7 Å². The molecular formula is C23H35FN2O3S. The molecule has 3 rings (SSSR count). The Balaban J connectivity index is 1.84. The second kappa shape index (κ2) is 8.23. The number of amides is 1.